The van der Waals surface area contributed by atoms with Gasteiger partial charge in [0.25, 0.3) is 5.91 Å². The smallest absolute Gasteiger partial charge is 0.317 e. The number of fused-ring (bicyclic) bond motifs is 1. The topological polar surface area (TPSA) is 77.2 Å². The summed E-state index contributed by atoms with van der Waals surface area (Å²) in [4.78, 5) is 30.0. The van der Waals surface area contributed by atoms with Crippen molar-refractivity contribution in [2.75, 3.05) is 13.1 Å². The lowest BCUT2D eigenvalue weighted by Gasteiger charge is -2.34. The number of nitrogens with one attached hydrogen (secondary N) is 3. The summed E-state index contributed by atoms with van der Waals surface area (Å²) in [5.41, 5.74) is 1.56. The van der Waals surface area contributed by atoms with E-state index in [0.29, 0.717) is 24.8 Å². The van der Waals surface area contributed by atoms with E-state index in [9.17, 15) is 9.59 Å². The van der Waals surface area contributed by atoms with Crippen LogP contribution in [-0.4, -0.2) is 47.0 Å². The van der Waals surface area contributed by atoms with Crippen molar-refractivity contribution in [1.82, 2.24) is 20.5 Å². The molecule has 1 aromatic heterocycles. The Bertz CT molecular complexity index is 768. The molecular weight excluding hydrogens is 340 g/mol. The molecule has 1 saturated heterocycles. The van der Waals surface area contributed by atoms with E-state index in [0.717, 1.165) is 36.6 Å². The van der Waals surface area contributed by atoms with Crippen LogP contribution >= 0.6 is 0 Å². The van der Waals surface area contributed by atoms with Crippen molar-refractivity contribution in [3.05, 3.63) is 36.0 Å². The molecule has 27 heavy (non-hydrogen) atoms. The highest BCUT2D eigenvalue weighted by molar-refractivity contribution is 5.98. The van der Waals surface area contributed by atoms with Crippen LogP contribution in [-0.2, 0) is 0 Å². The highest BCUT2D eigenvalue weighted by Crippen LogP contribution is 2.19. The Labute approximate surface area is 159 Å². The van der Waals surface area contributed by atoms with Gasteiger partial charge in [0.2, 0.25) is 0 Å². The first-order valence-electron chi connectivity index (χ1n) is 10.1. The largest absolute Gasteiger partial charge is 0.351 e. The van der Waals surface area contributed by atoms with Crippen LogP contribution in [0.3, 0.4) is 0 Å². The van der Waals surface area contributed by atoms with Crippen molar-refractivity contribution in [2.45, 2.75) is 57.0 Å². The van der Waals surface area contributed by atoms with Crippen molar-refractivity contribution in [3.63, 3.8) is 0 Å². The van der Waals surface area contributed by atoms with Crippen molar-refractivity contribution in [2.24, 2.45) is 0 Å². The lowest BCUT2D eigenvalue weighted by molar-refractivity contribution is 0.0913. The lowest BCUT2D eigenvalue weighted by atomic mass is 9.95. The molecule has 0 spiro atoms. The van der Waals surface area contributed by atoms with Gasteiger partial charge in [0.15, 0.2) is 0 Å². The fourth-order valence-electron chi connectivity index (χ4n) is 4.20. The summed E-state index contributed by atoms with van der Waals surface area (Å²) in [5.74, 6) is -0.0729. The van der Waals surface area contributed by atoms with Crippen LogP contribution in [0, 0.1) is 0 Å². The zero-order chi connectivity index (χ0) is 18.6. The van der Waals surface area contributed by atoms with Crippen LogP contribution in [0.25, 0.3) is 10.9 Å². The monoisotopic (exact) mass is 368 g/mol. The van der Waals surface area contributed by atoms with Crippen LogP contribution in [0.5, 0.6) is 0 Å². The van der Waals surface area contributed by atoms with Gasteiger partial charge in [-0.25, -0.2) is 4.79 Å². The molecule has 3 amide bonds. The van der Waals surface area contributed by atoms with Crippen LogP contribution in [0.15, 0.2) is 30.3 Å². The van der Waals surface area contributed by atoms with Gasteiger partial charge in [-0.05, 0) is 37.8 Å². The van der Waals surface area contributed by atoms with Crippen molar-refractivity contribution < 1.29 is 9.59 Å². The fourth-order valence-corrected chi connectivity index (χ4v) is 4.20. The molecule has 2 fully saturated rings. The maximum atomic E-state index is 12.5. The molecule has 0 atom stereocenters. The molecule has 0 radical (unpaired) electrons. The van der Waals surface area contributed by atoms with E-state index in [1.54, 1.807) is 0 Å². The molecule has 2 aliphatic rings. The predicted octanol–water partition coefficient (Wildman–Crippen LogP) is 3.40. The number of carbonyl (C=O) groups excluding carboxylic acids is 2. The number of carbonyl (C=O) groups is 2. The zero-order valence-electron chi connectivity index (χ0n) is 15.7. The summed E-state index contributed by atoms with van der Waals surface area (Å²) >= 11 is 0. The van der Waals surface area contributed by atoms with Crippen LogP contribution in [0.1, 0.15) is 55.4 Å². The Morgan fingerprint density at radius 2 is 1.63 bits per heavy atom. The number of piperidine rings is 1. The molecule has 0 unspecified atom stereocenters. The average Bonchev–Trinajstić information content (AvgIpc) is 3.14. The maximum Gasteiger partial charge on any atom is 0.317 e. The predicted molar refractivity (Wildman–Crippen MR) is 106 cm³/mol. The SMILES string of the molecule is O=C(NC1CCN(C(=O)NC2CCCCC2)CC1)c1cc2ccccc2[nH]1. The molecule has 4 rings (SSSR count). The average molecular weight is 368 g/mol. The minimum atomic E-state index is -0.0729. The molecule has 6 nitrogen and oxygen atoms in total. The highest BCUT2D eigenvalue weighted by atomic mass is 16.2. The van der Waals surface area contributed by atoms with Crippen molar-refractivity contribution in [3.8, 4) is 0 Å². The number of amides is 3. The number of aromatic nitrogens is 1. The second kappa shape index (κ2) is 8.03. The van der Waals surface area contributed by atoms with Crippen LogP contribution < -0.4 is 10.6 Å². The molecule has 2 heterocycles. The van der Waals surface area contributed by atoms with Gasteiger partial charge in [0.05, 0.1) is 0 Å². The van der Waals surface area contributed by atoms with Gasteiger partial charge < -0.3 is 20.5 Å². The fraction of sp³-hybridized carbons (Fsp3) is 0.524. The number of nitrogens with zero attached hydrogens (tertiary/aromatic N) is 1. The second-order valence-electron chi connectivity index (χ2n) is 7.79. The Kier molecular flexibility index (Phi) is 5.32. The van der Waals surface area contributed by atoms with E-state index < -0.39 is 0 Å². The van der Waals surface area contributed by atoms with E-state index in [1.807, 2.05) is 35.2 Å². The summed E-state index contributed by atoms with van der Waals surface area (Å²) < 4.78 is 0. The zero-order valence-corrected chi connectivity index (χ0v) is 15.7. The highest BCUT2D eigenvalue weighted by Gasteiger charge is 2.26. The number of rotatable bonds is 3. The second-order valence-corrected chi connectivity index (χ2v) is 7.79. The molecule has 1 saturated carbocycles. The third-order valence-electron chi connectivity index (χ3n) is 5.82. The normalized spacial score (nSPS) is 19.2. The molecular formula is C21H28N4O2. The van der Waals surface area contributed by atoms with Crippen molar-refractivity contribution in [1.29, 1.82) is 0 Å². The Morgan fingerprint density at radius 3 is 2.37 bits per heavy atom. The molecule has 2 aromatic rings. The van der Waals surface area contributed by atoms with E-state index in [1.165, 1.54) is 19.3 Å². The summed E-state index contributed by atoms with van der Waals surface area (Å²) in [6.45, 7) is 1.38. The van der Waals surface area contributed by atoms with E-state index >= 15 is 0 Å². The summed E-state index contributed by atoms with van der Waals surface area (Å²) in [6, 6.07) is 10.3. The number of benzene rings is 1. The van der Waals surface area contributed by atoms with E-state index in [4.69, 9.17) is 0 Å². The van der Waals surface area contributed by atoms with E-state index in [-0.39, 0.29) is 18.0 Å². The third-order valence-corrected chi connectivity index (χ3v) is 5.82. The molecule has 0 bridgehead atoms. The Morgan fingerprint density at radius 1 is 0.926 bits per heavy atom. The summed E-state index contributed by atoms with van der Waals surface area (Å²) in [7, 11) is 0. The number of para-hydroxylation sites is 1. The summed E-state index contributed by atoms with van der Waals surface area (Å²) in [6.07, 6.45) is 7.51. The number of likely N-dealkylation sites (tertiary alicyclic amines) is 1. The quantitative estimate of drug-likeness (QED) is 0.776. The lowest BCUT2D eigenvalue weighted by Crippen LogP contribution is -2.51. The van der Waals surface area contributed by atoms with Crippen molar-refractivity contribution >= 4 is 22.8 Å². The first kappa shape index (κ1) is 17.9. The number of urea groups is 1. The van der Waals surface area contributed by atoms with Crippen LogP contribution in [0.2, 0.25) is 0 Å². The van der Waals surface area contributed by atoms with Gasteiger partial charge in [-0.2, -0.15) is 0 Å². The number of aromatic amines is 1. The molecule has 144 valence electrons. The van der Waals surface area contributed by atoms with Gasteiger partial charge >= 0.3 is 6.03 Å². The third kappa shape index (κ3) is 4.26. The van der Waals surface area contributed by atoms with Gasteiger partial charge in [-0.1, -0.05) is 37.5 Å². The van der Waals surface area contributed by atoms with Gasteiger partial charge in [0, 0.05) is 36.1 Å². The molecule has 1 aliphatic heterocycles. The Hall–Kier alpha value is -2.50. The molecule has 1 aromatic carbocycles. The van der Waals surface area contributed by atoms with Crippen LogP contribution in [0.4, 0.5) is 4.79 Å². The first-order chi connectivity index (χ1) is 13.2. The minimum Gasteiger partial charge on any atom is -0.351 e. The van der Waals surface area contributed by atoms with Gasteiger partial charge in [-0.15, -0.1) is 0 Å². The molecule has 3 N–H and O–H groups in total. The standard InChI is InChI=1S/C21H28N4O2/c26-20(19-14-15-6-4-5-9-18(15)24-19)22-17-10-12-25(13-11-17)21(27)23-16-7-2-1-3-8-16/h4-6,9,14,16-17,24H,1-3,7-8,10-13H2,(H,22,26)(H,23,27). The Balaban J connectivity index is 1.26. The molecule has 1 aliphatic carbocycles. The maximum absolute atomic E-state index is 12.5. The summed E-state index contributed by atoms with van der Waals surface area (Å²) in [5, 5.41) is 7.33. The van der Waals surface area contributed by atoms with E-state index in [2.05, 4.69) is 15.6 Å². The van der Waals surface area contributed by atoms with Gasteiger partial charge in [0.1, 0.15) is 5.69 Å². The minimum absolute atomic E-state index is 0.0577. The van der Waals surface area contributed by atoms with Gasteiger partial charge in [-0.3, -0.25) is 4.79 Å². The number of hydrogen-bond acceptors (Lipinski definition) is 2. The number of hydrogen-bond donors (Lipinski definition) is 3. The number of H-pyrrole nitrogens is 1. The molecule has 6 heteroatoms. The first-order valence-corrected chi connectivity index (χ1v) is 10.1.